The van der Waals surface area contributed by atoms with Crippen LogP contribution in [0.2, 0.25) is 0 Å². The van der Waals surface area contributed by atoms with Crippen molar-refractivity contribution in [3.05, 3.63) is 45.4 Å². The molecule has 2 heterocycles. The average Bonchev–Trinajstić information content (AvgIpc) is 3.02. The Morgan fingerprint density at radius 1 is 1.45 bits per heavy atom. The Labute approximate surface area is 124 Å². The molecule has 2 unspecified atom stereocenters. The summed E-state index contributed by atoms with van der Waals surface area (Å²) in [6, 6.07) is 8.65. The van der Waals surface area contributed by atoms with Crippen molar-refractivity contribution >= 4 is 11.3 Å². The lowest BCUT2D eigenvalue weighted by atomic mass is 10.0. The molecule has 1 aromatic heterocycles. The molecule has 20 heavy (non-hydrogen) atoms. The Morgan fingerprint density at radius 2 is 2.25 bits per heavy atom. The van der Waals surface area contributed by atoms with Crippen LogP contribution >= 0.6 is 11.3 Å². The van der Waals surface area contributed by atoms with Crippen LogP contribution in [0.25, 0.3) is 0 Å². The summed E-state index contributed by atoms with van der Waals surface area (Å²) in [5, 5.41) is 4.64. The Kier molecular flexibility index (Phi) is 3.76. The summed E-state index contributed by atoms with van der Waals surface area (Å²) in [7, 11) is 0. The van der Waals surface area contributed by atoms with Gasteiger partial charge in [-0.15, -0.1) is 11.3 Å². The van der Waals surface area contributed by atoms with Gasteiger partial charge in [-0.05, 0) is 26.5 Å². The van der Waals surface area contributed by atoms with Gasteiger partial charge in [0, 0.05) is 16.5 Å². The highest BCUT2D eigenvalue weighted by Crippen LogP contribution is 2.40. The van der Waals surface area contributed by atoms with Crippen LogP contribution in [0.1, 0.15) is 46.9 Å². The molecule has 0 spiro atoms. The van der Waals surface area contributed by atoms with Gasteiger partial charge in [-0.25, -0.2) is 4.98 Å². The van der Waals surface area contributed by atoms with Crippen molar-refractivity contribution in [2.24, 2.45) is 0 Å². The molecule has 0 bridgehead atoms. The molecular formula is C16H20N2OS. The van der Waals surface area contributed by atoms with Crippen molar-refractivity contribution in [2.75, 3.05) is 13.2 Å². The van der Waals surface area contributed by atoms with E-state index in [4.69, 9.17) is 9.72 Å². The van der Waals surface area contributed by atoms with E-state index < -0.39 is 0 Å². The van der Waals surface area contributed by atoms with Gasteiger partial charge in [0.25, 0.3) is 0 Å². The first kappa shape index (κ1) is 13.6. The van der Waals surface area contributed by atoms with E-state index in [1.807, 2.05) is 23.5 Å². The van der Waals surface area contributed by atoms with Crippen LogP contribution in [0.3, 0.4) is 0 Å². The second-order valence-corrected chi connectivity index (χ2v) is 6.24. The Bertz CT molecular complexity index is 608. The summed E-state index contributed by atoms with van der Waals surface area (Å²) < 4.78 is 5.77. The van der Waals surface area contributed by atoms with Gasteiger partial charge < -0.3 is 10.1 Å². The molecule has 0 fully saturated rings. The number of hydrogen-bond donors (Lipinski definition) is 1. The van der Waals surface area contributed by atoms with Crippen LogP contribution in [0.15, 0.2) is 24.3 Å². The lowest BCUT2D eigenvalue weighted by Crippen LogP contribution is -2.17. The highest BCUT2D eigenvalue weighted by molar-refractivity contribution is 7.12. The van der Waals surface area contributed by atoms with Crippen LogP contribution in [0.5, 0.6) is 5.75 Å². The normalized spacial score (nSPS) is 18.6. The fourth-order valence-corrected chi connectivity index (χ4v) is 3.95. The molecule has 1 N–H and O–H groups in total. The number of para-hydroxylation sites is 1. The maximum atomic E-state index is 5.77. The number of aryl methyl sites for hydroxylation is 1. The minimum Gasteiger partial charge on any atom is -0.492 e. The van der Waals surface area contributed by atoms with Gasteiger partial charge in [0.1, 0.15) is 17.4 Å². The Hall–Kier alpha value is -1.39. The van der Waals surface area contributed by atoms with Crippen molar-refractivity contribution in [1.82, 2.24) is 10.3 Å². The molecule has 0 amide bonds. The number of thiazole rings is 1. The second-order valence-electron chi connectivity index (χ2n) is 5.18. The molecule has 0 aliphatic carbocycles. The highest BCUT2D eigenvalue weighted by Gasteiger charge is 2.29. The van der Waals surface area contributed by atoms with Crippen LogP contribution in [-0.4, -0.2) is 18.1 Å². The molecular weight excluding hydrogens is 268 g/mol. The molecule has 0 saturated carbocycles. The fraction of sp³-hybridized carbons (Fsp3) is 0.438. The van der Waals surface area contributed by atoms with Gasteiger partial charge in [0.15, 0.2) is 0 Å². The van der Waals surface area contributed by atoms with Gasteiger partial charge in [0.05, 0.1) is 11.6 Å². The van der Waals surface area contributed by atoms with Crippen molar-refractivity contribution in [2.45, 2.75) is 32.7 Å². The highest BCUT2D eigenvalue weighted by atomic mass is 32.1. The SMILES string of the molecule is CCNC(C)c1sc(C2COc3ccccc32)nc1C. The van der Waals surface area contributed by atoms with Crippen molar-refractivity contribution in [1.29, 1.82) is 0 Å². The summed E-state index contributed by atoms with van der Waals surface area (Å²) in [4.78, 5) is 6.13. The van der Waals surface area contributed by atoms with E-state index in [0.717, 1.165) is 18.0 Å². The van der Waals surface area contributed by atoms with E-state index in [-0.39, 0.29) is 5.92 Å². The maximum Gasteiger partial charge on any atom is 0.123 e. The number of ether oxygens (including phenoxy) is 1. The van der Waals surface area contributed by atoms with Crippen molar-refractivity contribution in [3.63, 3.8) is 0 Å². The smallest absolute Gasteiger partial charge is 0.123 e. The van der Waals surface area contributed by atoms with Crippen LogP contribution in [0.4, 0.5) is 0 Å². The number of rotatable bonds is 4. The van der Waals surface area contributed by atoms with E-state index in [1.54, 1.807) is 0 Å². The number of benzene rings is 1. The quantitative estimate of drug-likeness (QED) is 0.932. The number of nitrogens with one attached hydrogen (secondary N) is 1. The standard InChI is InChI=1S/C16H20N2OS/c1-4-17-10(2)15-11(3)18-16(20-15)13-9-19-14-8-6-5-7-12(13)14/h5-8,10,13,17H,4,9H2,1-3H3. The van der Waals surface area contributed by atoms with E-state index in [1.165, 1.54) is 15.4 Å². The zero-order valence-electron chi connectivity index (χ0n) is 12.1. The molecule has 106 valence electrons. The third-order valence-corrected chi connectivity index (χ3v) is 5.20. The second kappa shape index (κ2) is 5.54. The molecule has 3 nitrogen and oxygen atoms in total. The van der Waals surface area contributed by atoms with Crippen LogP contribution in [0, 0.1) is 6.92 Å². The first-order valence-corrected chi connectivity index (χ1v) is 7.94. The lowest BCUT2D eigenvalue weighted by Gasteiger charge is -2.10. The van der Waals surface area contributed by atoms with Crippen molar-refractivity contribution in [3.8, 4) is 5.75 Å². The maximum absolute atomic E-state index is 5.77. The molecule has 0 radical (unpaired) electrons. The number of aromatic nitrogens is 1. The predicted molar refractivity (Wildman–Crippen MR) is 82.7 cm³/mol. The van der Waals surface area contributed by atoms with E-state index in [9.17, 15) is 0 Å². The third kappa shape index (κ3) is 2.34. The summed E-state index contributed by atoms with van der Waals surface area (Å²) in [5.41, 5.74) is 2.41. The summed E-state index contributed by atoms with van der Waals surface area (Å²) >= 11 is 1.81. The summed E-state index contributed by atoms with van der Waals surface area (Å²) in [6.45, 7) is 8.12. The molecule has 4 heteroatoms. The van der Waals surface area contributed by atoms with Crippen LogP contribution in [-0.2, 0) is 0 Å². The summed E-state index contributed by atoms with van der Waals surface area (Å²) in [5.74, 6) is 1.30. The van der Waals surface area contributed by atoms with Gasteiger partial charge in [-0.2, -0.15) is 0 Å². The topological polar surface area (TPSA) is 34.1 Å². The van der Waals surface area contributed by atoms with E-state index in [2.05, 4.69) is 38.2 Å². The van der Waals surface area contributed by atoms with Gasteiger partial charge in [0.2, 0.25) is 0 Å². The number of nitrogens with zero attached hydrogens (tertiary/aromatic N) is 1. The fourth-order valence-electron chi connectivity index (χ4n) is 2.75. The number of hydrogen-bond acceptors (Lipinski definition) is 4. The molecule has 2 atom stereocenters. The monoisotopic (exact) mass is 288 g/mol. The first-order chi connectivity index (χ1) is 9.70. The van der Waals surface area contributed by atoms with Crippen LogP contribution < -0.4 is 10.1 Å². The largest absolute Gasteiger partial charge is 0.492 e. The van der Waals surface area contributed by atoms with E-state index >= 15 is 0 Å². The first-order valence-electron chi connectivity index (χ1n) is 7.13. The molecule has 3 rings (SSSR count). The van der Waals surface area contributed by atoms with Crippen molar-refractivity contribution < 1.29 is 4.74 Å². The number of fused-ring (bicyclic) bond motifs is 1. The van der Waals surface area contributed by atoms with Gasteiger partial charge in [-0.1, -0.05) is 25.1 Å². The average molecular weight is 288 g/mol. The molecule has 1 aliphatic rings. The van der Waals surface area contributed by atoms with Gasteiger partial charge >= 0.3 is 0 Å². The molecule has 1 aliphatic heterocycles. The zero-order valence-corrected chi connectivity index (χ0v) is 13.0. The lowest BCUT2D eigenvalue weighted by molar-refractivity contribution is 0.343. The molecule has 2 aromatic rings. The summed E-state index contributed by atoms with van der Waals surface area (Å²) in [6.07, 6.45) is 0. The minimum absolute atomic E-state index is 0.289. The minimum atomic E-state index is 0.289. The molecule has 1 aromatic carbocycles. The molecule has 0 saturated heterocycles. The Balaban J connectivity index is 1.91. The predicted octanol–water partition coefficient (Wildman–Crippen LogP) is 3.65. The van der Waals surface area contributed by atoms with Gasteiger partial charge in [-0.3, -0.25) is 0 Å². The zero-order chi connectivity index (χ0) is 14.1. The van der Waals surface area contributed by atoms with E-state index in [0.29, 0.717) is 12.6 Å². The Morgan fingerprint density at radius 3 is 3.05 bits per heavy atom. The third-order valence-electron chi connectivity index (χ3n) is 3.75.